The van der Waals surface area contributed by atoms with Crippen LogP contribution in [0.15, 0.2) is 12.3 Å². The van der Waals surface area contributed by atoms with Crippen molar-refractivity contribution in [3.05, 3.63) is 28.8 Å². The van der Waals surface area contributed by atoms with Gasteiger partial charge in [0.2, 0.25) is 0 Å². The molecule has 1 N–H and O–H groups in total. The Balaban J connectivity index is 2.97. The third-order valence-corrected chi connectivity index (χ3v) is 1.84. The van der Waals surface area contributed by atoms with Gasteiger partial charge < -0.3 is 5.32 Å². The second kappa shape index (κ2) is 4.14. The fourth-order valence-corrected chi connectivity index (χ4v) is 1.16. The average molecular weight is 231 g/mol. The van der Waals surface area contributed by atoms with E-state index in [2.05, 4.69) is 10.3 Å². The van der Waals surface area contributed by atoms with Crippen molar-refractivity contribution < 1.29 is 9.18 Å². The second-order valence-electron chi connectivity index (χ2n) is 4.17. The van der Waals surface area contributed by atoms with Crippen LogP contribution in [0.3, 0.4) is 0 Å². The van der Waals surface area contributed by atoms with Gasteiger partial charge in [0.05, 0.1) is 5.56 Å². The maximum Gasteiger partial charge on any atom is 0.254 e. The van der Waals surface area contributed by atoms with E-state index in [1.165, 1.54) is 12.3 Å². The van der Waals surface area contributed by atoms with Crippen molar-refractivity contribution in [2.75, 3.05) is 0 Å². The zero-order valence-electron chi connectivity index (χ0n) is 8.77. The largest absolute Gasteiger partial charge is 0.347 e. The monoisotopic (exact) mass is 230 g/mol. The number of nitrogens with one attached hydrogen (secondary N) is 1. The molecular formula is C10H12ClFN2O. The Hall–Kier alpha value is -1.16. The molecule has 1 rings (SSSR count). The van der Waals surface area contributed by atoms with E-state index in [0.29, 0.717) is 0 Å². The summed E-state index contributed by atoms with van der Waals surface area (Å²) in [6, 6.07) is 1.29. The second-order valence-corrected chi connectivity index (χ2v) is 4.53. The van der Waals surface area contributed by atoms with Crippen LogP contribution >= 0.6 is 11.6 Å². The first-order chi connectivity index (χ1) is 6.81. The number of halogens is 2. The summed E-state index contributed by atoms with van der Waals surface area (Å²) in [4.78, 5) is 15.1. The Morgan fingerprint density at radius 2 is 2.13 bits per heavy atom. The first-order valence-corrected chi connectivity index (χ1v) is 4.81. The molecule has 1 aromatic heterocycles. The van der Waals surface area contributed by atoms with Gasteiger partial charge in [0.1, 0.15) is 0 Å². The van der Waals surface area contributed by atoms with Gasteiger partial charge in [-0.05, 0) is 26.8 Å². The number of aromatic nitrogens is 1. The van der Waals surface area contributed by atoms with Gasteiger partial charge in [-0.3, -0.25) is 4.79 Å². The molecule has 1 amide bonds. The van der Waals surface area contributed by atoms with E-state index in [1.807, 2.05) is 20.8 Å². The molecule has 0 bridgehead atoms. The number of hydrogen-bond acceptors (Lipinski definition) is 2. The highest BCUT2D eigenvalue weighted by Gasteiger charge is 2.19. The standard InChI is InChI=1S/C10H12ClFN2O/c1-10(2,3)14-9(15)6-4-5-13-8(11)7(6)12/h4-5H,1-3H3,(H,14,15). The molecule has 82 valence electrons. The minimum absolute atomic E-state index is 0.0927. The number of amides is 1. The zero-order valence-corrected chi connectivity index (χ0v) is 9.52. The molecule has 0 unspecified atom stereocenters. The lowest BCUT2D eigenvalue weighted by atomic mass is 10.1. The van der Waals surface area contributed by atoms with Gasteiger partial charge in [-0.1, -0.05) is 11.6 Å². The molecule has 0 saturated heterocycles. The highest BCUT2D eigenvalue weighted by Crippen LogP contribution is 2.15. The number of pyridine rings is 1. The molecule has 0 aliphatic rings. The molecule has 0 fully saturated rings. The third kappa shape index (κ3) is 3.16. The smallest absolute Gasteiger partial charge is 0.254 e. The normalized spacial score (nSPS) is 11.3. The van der Waals surface area contributed by atoms with E-state index < -0.39 is 17.3 Å². The predicted molar refractivity (Wildman–Crippen MR) is 56.4 cm³/mol. The predicted octanol–water partition coefficient (Wildman–Crippen LogP) is 2.40. The van der Waals surface area contributed by atoms with E-state index in [-0.39, 0.29) is 10.7 Å². The summed E-state index contributed by atoms with van der Waals surface area (Å²) in [7, 11) is 0. The molecule has 0 aliphatic heterocycles. The third-order valence-electron chi connectivity index (χ3n) is 1.58. The molecule has 0 saturated carbocycles. The number of rotatable bonds is 1. The summed E-state index contributed by atoms with van der Waals surface area (Å²) >= 11 is 5.46. The van der Waals surface area contributed by atoms with E-state index in [9.17, 15) is 9.18 Å². The Bertz CT molecular complexity index is 387. The van der Waals surface area contributed by atoms with Gasteiger partial charge in [-0.15, -0.1) is 0 Å². The van der Waals surface area contributed by atoms with Gasteiger partial charge in [-0.2, -0.15) is 0 Å². The van der Waals surface area contributed by atoms with Gasteiger partial charge in [-0.25, -0.2) is 9.37 Å². The number of carbonyl (C=O) groups is 1. The first kappa shape index (κ1) is 11.9. The Morgan fingerprint density at radius 1 is 1.53 bits per heavy atom. The quantitative estimate of drug-likeness (QED) is 0.753. The topological polar surface area (TPSA) is 42.0 Å². The molecule has 0 aromatic carbocycles. The van der Waals surface area contributed by atoms with Gasteiger partial charge in [0.25, 0.3) is 5.91 Å². The maximum atomic E-state index is 13.4. The van der Waals surface area contributed by atoms with Crippen LogP contribution in [0.25, 0.3) is 0 Å². The van der Waals surface area contributed by atoms with Gasteiger partial charge >= 0.3 is 0 Å². The van der Waals surface area contributed by atoms with Crippen LogP contribution < -0.4 is 5.32 Å². The van der Waals surface area contributed by atoms with Crippen LogP contribution in [-0.4, -0.2) is 16.4 Å². The van der Waals surface area contributed by atoms with E-state index in [0.717, 1.165) is 0 Å². The Labute approximate surface area is 92.7 Å². The van der Waals surface area contributed by atoms with Gasteiger partial charge in [0.15, 0.2) is 11.0 Å². The van der Waals surface area contributed by atoms with Crippen molar-refractivity contribution in [2.24, 2.45) is 0 Å². The van der Waals surface area contributed by atoms with Crippen molar-refractivity contribution in [3.63, 3.8) is 0 Å². The highest BCUT2D eigenvalue weighted by molar-refractivity contribution is 6.29. The highest BCUT2D eigenvalue weighted by atomic mass is 35.5. The zero-order chi connectivity index (χ0) is 11.6. The van der Waals surface area contributed by atoms with Crippen LogP contribution in [0.2, 0.25) is 5.15 Å². The van der Waals surface area contributed by atoms with Crippen LogP contribution in [0.4, 0.5) is 4.39 Å². The lowest BCUT2D eigenvalue weighted by Gasteiger charge is -2.20. The molecule has 0 aliphatic carbocycles. The SMILES string of the molecule is CC(C)(C)NC(=O)c1ccnc(Cl)c1F. The maximum absolute atomic E-state index is 13.4. The van der Waals surface area contributed by atoms with E-state index in [1.54, 1.807) is 0 Å². The Kier molecular flexibility index (Phi) is 3.29. The summed E-state index contributed by atoms with van der Waals surface area (Å²) in [5, 5.41) is 2.34. The number of carbonyl (C=O) groups excluding carboxylic acids is 1. The minimum atomic E-state index is -0.791. The summed E-state index contributed by atoms with van der Waals surface area (Å²) < 4.78 is 13.4. The lowest BCUT2D eigenvalue weighted by molar-refractivity contribution is 0.0915. The number of hydrogen-bond donors (Lipinski definition) is 1. The van der Waals surface area contributed by atoms with Gasteiger partial charge in [0, 0.05) is 11.7 Å². The van der Waals surface area contributed by atoms with Crippen molar-refractivity contribution in [2.45, 2.75) is 26.3 Å². The molecule has 0 atom stereocenters. The van der Waals surface area contributed by atoms with E-state index >= 15 is 0 Å². The minimum Gasteiger partial charge on any atom is -0.347 e. The molecule has 3 nitrogen and oxygen atoms in total. The summed E-state index contributed by atoms with van der Waals surface area (Å²) in [5.74, 6) is -1.29. The van der Waals surface area contributed by atoms with E-state index in [4.69, 9.17) is 11.6 Å². The van der Waals surface area contributed by atoms with Crippen molar-refractivity contribution in [1.82, 2.24) is 10.3 Å². The average Bonchev–Trinajstić information content (AvgIpc) is 2.06. The molecule has 15 heavy (non-hydrogen) atoms. The number of nitrogens with zero attached hydrogens (tertiary/aromatic N) is 1. The lowest BCUT2D eigenvalue weighted by Crippen LogP contribution is -2.41. The molecular weight excluding hydrogens is 219 g/mol. The first-order valence-electron chi connectivity index (χ1n) is 4.44. The van der Waals surface area contributed by atoms with Crippen molar-refractivity contribution in [3.8, 4) is 0 Å². The molecule has 0 radical (unpaired) electrons. The van der Waals surface area contributed by atoms with Crippen LogP contribution in [0.1, 0.15) is 31.1 Å². The van der Waals surface area contributed by atoms with Crippen molar-refractivity contribution >= 4 is 17.5 Å². The van der Waals surface area contributed by atoms with Crippen molar-refractivity contribution in [1.29, 1.82) is 0 Å². The Morgan fingerprint density at radius 3 is 2.67 bits per heavy atom. The fraction of sp³-hybridized carbons (Fsp3) is 0.400. The summed E-state index contributed by atoms with van der Waals surface area (Å²) in [6.45, 7) is 5.43. The summed E-state index contributed by atoms with van der Waals surface area (Å²) in [6.07, 6.45) is 1.29. The van der Waals surface area contributed by atoms with Crippen LogP contribution in [0, 0.1) is 5.82 Å². The summed E-state index contributed by atoms with van der Waals surface area (Å²) in [5.41, 5.74) is -0.510. The molecule has 1 aromatic rings. The fourth-order valence-electron chi connectivity index (χ4n) is 1.00. The molecule has 1 heterocycles. The van der Waals surface area contributed by atoms with Crippen LogP contribution in [0.5, 0.6) is 0 Å². The molecule has 5 heteroatoms. The van der Waals surface area contributed by atoms with Crippen LogP contribution in [-0.2, 0) is 0 Å². The molecule has 0 spiro atoms.